The standard InChI is InChI=1S/C10H22N2O3S/c1-8(5-6-15-2)10-4-3-9(7-12-10)16(11,13)14/h8-10,12H,3-7H2,1-2H3,(H2,11,13,14). The highest BCUT2D eigenvalue weighted by Crippen LogP contribution is 2.20. The maximum absolute atomic E-state index is 11.2. The lowest BCUT2D eigenvalue weighted by Gasteiger charge is -2.32. The molecule has 1 aliphatic heterocycles. The Balaban J connectivity index is 2.37. The highest BCUT2D eigenvalue weighted by atomic mass is 32.2. The van der Waals surface area contributed by atoms with Gasteiger partial charge in [-0.25, -0.2) is 13.6 Å². The van der Waals surface area contributed by atoms with Gasteiger partial charge in [0.1, 0.15) is 0 Å². The van der Waals surface area contributed by atoms with Crippen molar-refractivity contribution in [2.75, 3.05) is 20.3 Å². The van der Waals surface area contributed by atoms with Gasteiger partial charge < -0.3 is 10.1 Å². The first kappa shape index (κ1) is 13.9. The van der Waals surface area contributed by atoms with Crippen LogP contribution in [0.2, 0.25) is 0 Å². The highest BCUT2D eigenvalue weighted by Gasteiger charge is 2.29. The summed E-state index contributed by atoms with van der Waals surface area (Å²) in [6.45, 7) is 3.38. The second kappa shape index (κ2) is 5.95. The molecule has 1 heterocycles. The Bertz CT molecular complexity index is 297. The van der Waals surface area contributed by atoms with Crippen molar-refractivity contribution in [1.82, 2.24) is 5.32 Å². The van der Waals surface area contributed by atoms with E-state index in [4.69, 9.17) is 9.88 Å². The van der Waals surface area contributed by atoms with Crippen LogP contribution in [-0.4, -0.2) is 40.0 Å². The summed E-state index contributed by atoms with van der Waals surface area (Å²) in [5, 5.41) is 7.98. The van der Waals surface area contributed by atoms with Gasteiger partial charge in [0.2, 0.25) is 10.0 Å². The van der Waals surface area contributed by atoms with E-state index in [0.29, 0.717) is 24.9 Å². The molecular formula is C10H22N2O3S. The van der Waals surface area contributed by atoms with Gasteiger partial charge in [-0.2, -0.15) is 0 Å². The number of piperidine rings is 1. The van der Waals surface area contributed by atoms with E-state index in [0.717, 1.165) is 19.4 Å². The van der Waals surface area contributed by atoms with E-state index in [2.05, 4.69) is 12.2 Å². The number of nitrogens with one attached hydrogen (secondary N) is 1. The third-order valence-electron chi connectivity index (χ3n) is 3.34. The molecule has 3 atom stereocenters. The van der Waals surface area contributed by atoms with Crippen molar-refractivity contribution < 1.29 is 13.2 Å². The van der Waals surface area contributed by atoms with Crippen LogP contribution in [0.25, 0.3) is 0 Å². The van der Waals surface area contributed by atoms with E-state index in [1.54, 1.807) is 7.11 Å². The quantitative estimate of drug-likeness (QED) is 0.723. The molecule has 0 aromatic rings. The molecule has 0 spiro atoms. The molecule has 0 radical (unpaired) electrons. The van der Waals surface area contributed by atoms with Gasteiger partial charge in [0, 0.05) is 26.3 Å². The smallest absolute Gasteiger partial charge is 0.213 e. The molecule has 6 heteroatoms. The first-order chi connectivity index (χ1) is 7.45. The zero-order chi connectivity index (χ0) is 12.2. The second-order valence-electron chi connectivity index (χ2n) is 4.56. The summed E-state index contributed by atoms with van der Waals surface area (Å²) < 4.78 is 27.3. The van der Waals surface area contributed by atoms with Crippen molar-refractivity contribution >= 4 is 10.0 Å². The van der Waals surface area contributed by atoms with Gasteiger partial charge in [0.05, 0.1) is 5.25 Å². The molecule has 1 rings (SSSR count). The normalized spacial score (nSPS) is 28.9. The maximum Gasteiger partial charge on any atom is 0.213 e. The Hall–Kier alpha value is -0.170. The number of nitrogens with two attached hydrogens (primary N) is 1. The van der Waals surface area contributed by atoms with Crippen LogP contribution in [0, 0.1) is 5.92 Å². The Morgan fingerprint density at radius 2 is 2.19 bits per heavy atom. The summed E-state index contributed by atoms with van der Waals surface area (Å²) in [6, 6.07) is 0.383. The van der Waals surface area contributed by atoms with Crippen LogP contribution >= 0.6 is 0 Å². The lowest BCUT2D eigenvalue weighted by Crippen LogP contribution is -2.49. The van der Waals surface area contributed by atoms with E-state index in [1.165, 1.54) is 0 Å². The van der Waals surface area contributed by atoms with Crippen LogP contribution in [0.1, 0.15) is 26.2 Å². The Kier molecular flexibility index (Phi) is 5.17. The average Bonchev–Trinajstić information content (AvgIpc) is 2.25. The first-order valence-corrected chi connectivity index (χ1v) is 7.30. The van der Waals surface area contributed by atoms with Gasteiger partial charge in [-0.15, -0.1) is 0 Å². The summed E-state index contributed by atoms with van der Waals surface area (Å²) in [6.07, 6.45) is 2.52. The van der Waals surface area contributed by atoms with Gasteiger partial charge in [0.15, 0.2) is 0 Å². The number of sulfonamides is 1. The minimum absolute atomic E-state index is 0.383. The molecule has 3 unspecified atom stereocenters. The van der Waals surface area contributed by atoms with Gasteiger partial charge in [-0.3, -0.25) is 0 Å². The Morgan fingerprint density at radius 3 is 2.62 bits per heavy atom. The predicted molar refractivity (Wildman–Crippen MR) is 63.6 cm³/mol. The van der Waals surface area contributed by atoms with Gasteiger partial charge in [-0.05, 0) is 25.2 Å². The van der Waals surface area contributed by atoms with Crippen molar-refractivity contribution in [3.63, 3.8) is 0 Å². The van der Waals surface area contributed by atoms with Crippen LogP contribution < -0.4 is 10.5 Å². The van der Waals surface area contributed by atoms with Crippen LogP contribution in [0.15, 0.2) is 0 Å². The van der Waals surface area contributed by atoms with Crippen molar-refractivity contribution in [3.05, 3.63) is 0 Å². The molecule has 3 N–H and O–H groups in total. The zero-order valence-electron chi connectivity index (χ0n) is 9.98. The lowest BCUT2D eigenvalue weighted by molar-refractivity contribution is 0.165. The zero-order valence-corrected chi connectivity index (χ0v) is 10.8. The van der Waals surface area contributed by atoms with E-state index >= 15 is 0 Å². The van der Waals surface area contributed by atoms with Crippen molar-refractivity contribution in [3.8, 4) is 0 Å². The molecule has 96 valence electrons. The van der Waals surface area contributed by atoms with Gasteiger partial charge in [0.25, 0.3) is 0 Å². The van der Waals surface area contributed by atoms with Crippen LogP contribution in [0.3, 0.4) is 0 Å². The number of ether oxygens (including phenoxy) is 1. The van der Waals surface area contributed by atoms with Gasteiger partial charge in [-0.1, -0.05) is 6.92 Å². The monoisotopic (exact) mass is 250 g/mol. The largest absolute Gasteiger partial charge is 0.385 e. The molecule has 1 fully saturated rings. The topological polar surface area (TPSA) is 81.4 Å². The lowest BCUT2D eigenvalue weighted by atomic mass is 9.91. The van der Waals surface area contributed by atoms with E-state index in [-0.39, 0.29) is 0 Å². The van der Waals surface area contributed by atoms with E-state index in [1.807, 2.05) is 0 Å². The highest BCUT2D eigenvalue weighted by molar-refractivity contribution is 7.89. The minimum Gasteiger partial charge on any atom is -0.385 e. The Labute approximate surface area is 97.8 Å². The van der Waals surface area contributed by atoms with Crippen LogP contribution in [-0.2, 0) is 14.8 Å². The first-order valence-electron chi connectivity index (χ1n) is 5.69. The summed E-state index contributed by atoms with van der Waals surface area (Å²) in [5.74, 6) is 0.501. The summed E-state index contributed by atoms with van der Waals surface area (Å²) in [5.41, 5.74) is 0. The third-order valence-corrected chi connectivity index (χ3v) is 4.67. The molecule has 0 aromatic heterocycles. The van der Waals surface area contributed by atoms with Crippen molar-refractivity contribution in [2.45, 2.75) is 37.5 Å². The number of methoxy groups -OCH3 is 1. The van der Waals surface area contributed by atoms with Crippen molar-refractivity contribution in [2.24, 2.45) is 11.1 Å². The number of hydrogen-bond donors (Lipinski definition) is 2. The Morgan fingerprint density at radius 1 is 1.50 bits per heavy atom. The molecular weight excluding hydrogens is 228 g/mol. The van der Waals surface area contributed by atoms with Gasteiger partial charge >= 0.3 is 0 Å². The van der Waals surface area contributed by atoms with E-state index in [9.17, 15) is 8.42 Å². The molecule has 0 aromatic carbocycles. The number of primary sulfonamides is 1. The fraction of sp³-hybridized carbons (Fsp3) is 1.00. The SMILES string of the molecule is COCCC(C)C1CCC(S(N)(=O)=O)CN1. The molecule has 0 bridgehead atoms. The predicted octanol–water partition coefficient (Wildman–Crippen LogP) is 0.0681. The fourth-order valence-electron chi connectivity index (χ4n) is 2.12. The molecule has 1 saturated heterocycles. The summed E-state index contributed by atoms with van der Waals surface area (Å²) >= 11 is 0. The summed E-state index contributed by atoms with van der Waals surface area (Å²) in [7, 11) is -1.69. The summed E-state index contributed by atoms with van der Waals surface area (Å²) in [4.78, 5) is 0. The second-order valence-corrected chi connectivity index (χ2v) is 6.41. The number of rotatable bonds is 5. The third kappa shape index (κ3) is 4.01. The minimum atomic E-state index is -3.38. The fourth-order valence-corrected chi connectivity index (χ4v) is 2.92. The van der Waals surface area contributed by atoms with Crippen LogP contribution in [0.4, 0.5) is 0 Å². The molecule has 0 aliphatic carbocycles. The molecule has 1 aliphatic rings. The molecule has 16 heavy (non-hydrogen) atoms. The van der Waals surface area contributed by atoms with Crippen LogP contribution in [0.5, 0.6) is 0 Å². The number of hydrogen-bond acceptors (Lipinski definition) is 4. The van der Waals surface area contributed by atoms with E-state index < -0.39 is 15.3 Å². The molecule has 0 saturated carbocycles. The maximum atomic E-state index is 11.2. The van der Waals surface area contributed by atoms with Crippen molar-refractivity contribution in [1.29, 1.82) is 0 Å². The molecule has 0 amide bonds. The molecule has 5 nitrogen and oxygen atoms in total. The average molecular weight is 250 g/mol.